The molecule has 0 aromatic rings. The second kappa shape index (κ2) is 7.28. The Kier molecular flexibility index (Phi) is 6.32. The van der Waals surface area contributed by atoms with E-state index in [4.69, 9.17) is 5.73 Å². The highest BCUT2D eigenvalue weighted by molar-refractivity contribution is 5.40. The van der Waals surface area contributed by atoms with Gasteiger partial charge >= 0.3 is 0 Å². The summed E-state index contributed by atoms with van der Waals surface area (Å²) in [6, 6.07) is 0. The fourth-order valence-corrected chi connectivity index (χ4v) is 3.22. The first-order valence-corrected chi connectivity index (χ1v) is 8.01. The molecular weight excluding hydrogens is 230 g/mol. The summed E-state index contributed by atoms with van der Waals surface area (Å²) >= 11 is 0. The van der Waals surface area contributed by atoms with Gasteiger partial charge in [0.25, 0.3) is 0 Å². The lowest BCUT2D eigenvalue weighted by Gasteiger charge is -2.33. The Morgan fingerprint density at radius 1 is 1.26 bits per heavy atom. The maximum absolute atomic E-state index is 5.61. The highest BCUT2D eigenvalue weighted by Crippen LogP contribution is 2.41. The second-order valence-corrected chi connectivity index (χ2v) is 7.04. The molecule has 110 valence electrons. The molecule has 19 heavy (non-hydrogen) atoms. The Hall–Kier alpha value is -0.560. The summed E-state index contributed by atoms with van der Waals surface area (Å²) in [6.07, 6.45) is 10.0. The van der Waals surface area contributed by atoms with Crippen LogP contribution in [-0.2, 0) is 0 Å². The third kappa shape index (κ3) is 4.80. The van der Waals surface area contributed by atoms with Crippen LogP contribution in [-0.4, -0.2) is 6.54 Å². The van der Waals surface area contributed by atoms with Crippen LogP contribution in [0.4, 0.5) is 0 Å². The van der Waals surface area contributed by atoms with Gasteiger partial charge in [-0.25, -0.2) is 0 Å². The number of rotatable bonds is 6. The van der Waals surface area contributed by atoms with Gasteiger partial charge in [0, 0.05) is 0 Å². The maximum Gasteiger partial charge on any atom is -0.00773 e. The van der Waals surface area contributed by atoms with Crippen LogP contribution in [0.25, 0.3) is 0 Å². The normalized spacial score (nSPS) is 20.7. The van der Waals surface area contributed by atoms with Gasteiger partial charge in [0.1, 0.15) is 0 Å². The standard InChI is InChI=1S/C18H33N/c1-6-9-16-12-15(10-7-8-11-19)13-17(14(16)2)18(3,4)5/h12,15H,6-11,13,19H2,1-5H3. The minimum Gasteiger partial charge on any atom is -0.330 e. The van der Waals surface area contributed by atoms with Crippen LogP contribution in [0.1, 0.15) is 73.1 Å². The molecule has 1 aliphatic rings. The summed E-state index contributed by atoms with van der Waals surface area (Å²) in [5, 5.41) is 0. The van der Waals surface area contributed by atoms with Crippen LogP contribution in [0.3, 0.4) is 0 Å². The fraction of sp³-hybridized carbons (Fsp3) is 0.778. The van der Waals surface area contributed by atoms with Crippen LogP contribution in [0.15, 0.2) is 22.8 Å². The summed E-state index contributed by atoms with van der Waals surface area (Å²) in [5.74, 6) is 0.742. The molecule has 0 radical (unpaired) electrons. The van der Waals surface area contributed by atoms with Gasteiger partial charge in [0.05, 0.1) is 0 Å². The van der Waals surface area contributed by atoms with E-state index in [1.54, 1.807) is 16.7 Å². The average Bonchev–Trinajstić information content (AvgIpc) is 2.32. The number of allylic oxidation sites excluding steroid dienone is 4. The minimum absolute atomic E-state index is 0.309. The summed E-state index contributed by atoms with van der Waals surface area (Å²) < 4.78 is 0. The molecule has 1 atom stereocenters. The summed E-state index contributed by atoms with van der Waals surface area (Å²) in [7, 11) is 0. The molecular formula is C18H33N. The Morgan fingerprint density at radius 3 is 2.47 bits per heavy atom. The van der Waals surface area contributed by atoms with E-state index in [0.717, 1.165) is 12.5 Å². The first-order chi connectivity index (χ1) is 8.90. The van der Waals surface area contributed by atoms with E-state index >= 15 is 0 Å². The first-order valence-electron chi connectivity index (χ1n) is 8.01. The first kappa shape index (κ1) is 16.5. The van der Waals surface area contributed by atoms with Gasteiger partial charge in [-0.1, -0.05) is 52.2 Å². The van der Waals surface area contributed by atoms with Crippen molar-refractivity contribution in [3.63, 3.8) is 0 Å². The SMILES string of the molecule is CCCC1=CC(CCCCN)CC(C(C)(C)C)=C1C. The molecule has 1 heteroatoms. The molecule has 0 amide bonds. The zero-order valence-electron chi connectivity index (χ0n) is 13.7. The van der Waals surface area contributed by atoms with Crippen molar-refractivity contribution < 1.29 is 0 Å². The second-order valence-electron chi connectivity index (χ2n) is 7.04. The van der Waals surface area contributed by atoms with E-state index in [2.05, 4.69) is 40.7 Å². The molecule has 0 heterocycles. The van der Waals surface area contributed by atoms with E-state index < -0.39 is 0 Å². The predicted octanol–water partition coefficient (Wildman–Crippen LogP) is 5.22. The Balaban J connectivity index is 2.86. The van der Waals surface area contributed by atoms with Gasteiger partial charge in [-0.3, -0.25) is 0 Å². The molecule has 1 unspecified atom stereocenters. The summed E-state index contributed by atoms with van der Waals surface area (Å²) in [6.45, 7) is 12.5. The lowest BCUT2D eigenvalue weighted by molar-refractivity contribution is 0.427. The minimum atomic E-state index is 0.309. The van der Waals surface area contributed by atoms with E-state index in [-0.39, 0.29) is 0 Å². The predicted molar refractivity (Wildman–Crippen MR) is 86.2 cm³/mol. The summed E-state index contributed by atoms with van der Waals surface area (Å²) in [5.41, 5.74) is 10.8. The van der Waals surface area contributed by atoms with E-state index in [9.17, 15) is 0 Å². The topological polar surface area (TPSA) is 26.0 Å². The molecule has 0 saturated heterocycles. The van der Waals surface area contributed by atoms with Gasteiger partial charge in [0.15, 0.2) is 0 Å². The molecule has 0 fully saturated rings. The number of unbranched alkanes of at least 4 members (excludes halogenated alkanes) is 1. The van der Waals surface area contributed by atoms with Crippen molar-refractivity contribution in [1.82, 2.24) is 0 Å². The van der Waals surface area contributed by atoms with Crippen molar-refractivity contribution in [3.8, 4) is 0 Å². The van der Waals surface area contributed by atoms with Crippen LogP contribution in [0.5, 0.6) is 0 Å². The lowest BCUT2D eigenvalue weighted by Crippen LogP contribution is -2.19. The maximum atomic E-state index is 5.61. The fourth-order valence-electron chi connectivity index (χ4n) is 3.22. The Bertz CT molecular complexity index is 341. The molecule has 0 bridgehead atoms. The zero-order valence-corrected chi connectivity index (χ0v) is 13.7. The third-order valence-electron chi connectivity index (χ3n) is 4.29. The van der Waals surface area contributed by atoms with Gasteiger partial charge in [-0.05, 0) is 61.6 Å². The molecule has 2 N–H and O–H groups in total. The average molecular weight is 263 g/mol. The molecule has 1 aliphatic carbocycles. The highest BCUT2D eigenvalue weighted by atomic mass is 14.5. The van der Waals surface area contributed by atoms with Crippen LogP contribution in [0, 0.1) is 11.3 Å². The van der Waals surface area contributed by atoms with E-state index in [1.807, 2.05) is 0 Å². The quantitative estimate of drug-likeness (QED) is 0.653. The largest absolute Gasteiger partial charge is 0.330 e. The number of nitrogens with two attached hydrogens (primary N) is 1. The molecule has 1 rings (SSSR count). The molecule has 1 nitrogen and oxygen atoms in total. The van der Waals surface area contributed by atoms with Gasteiger partial charge < -0.3 is 5.73 Å². The highest BCUT2D eigenvalue weighted by Gasteiger charge is 2.26. The van der Waals surface area contributed by atoms with Crippen molar-refractivity contribution in [3.05, 3.63) is 22.8 Å². The van der Waals surface area contributed by atoms with Crippen molar-refractivity contribution in [1.29, 1.82) is 0 Å². The van der Waals surface area contributed by atoms with E-state index in [0.29, 0.717) is 5.41 Å². The van der Waals surface area contributed by atoms with E-state index in [1.165, 1.54) is 38.5 Å². The molecule has 0 aromatic heterocycles. The van der Waals surface area contributed by atoms with Crippen molar-refractivity contribution in [2.24, 2.45) is 17.1 Å². The van der Waals surface area contributed by atoms with Crippen molar-refractivity contribution >= 4 is 0 Å². The molecule has 0 spiro atoms. The van der Waals surface area contributed by atoms with Crippen molar-refractivity contribution in [2.75, 3.05) is 6.54 Å². The number of hydrogen-bond donors (Lipinski definition) is 1. The van der Waals surface area contributed by atoms with Crippen LogP contribution < -0.4 is 5.73 Å². The lowest BCUT2D eigenvalue weighted by atomic mass is 9.72. The Labute approximate surface area is 120 Å². The third-order valence-corrected chi connectivity index (χ3v) is 4.29. The molecule has 0 aromatic carbocycles. The van der Waals surface area contributed by atoms with Gasteiger partial charge in [-0.15, -0.1) is 0 Å². The van der Waals surface area contributed by atoms with Gasteiger partial charge in [-0.2, -0.15) is 0 Å². The van der Waals surface area contributed by atoms with Crippen LogP contribution in [0.2, 0.25) is 0 Å². The van der Waals surface area contributed by atoms with Gasteiger partial charge in [0.2, 0.25) is 0 Å². The number of hydrogen-bond acceptors (Lipinski definition) is 1. The molecule has 0 aliphatic heterocycles. The smallest absolute Gasteiger partial charge is 0.00773 e. The monoisotopic (exact) mass is 263 g/mol. The van der Waals surface area contributed by atoms with Crippen LogP contribution >= 0.6 is 0 Å². The van der Waals surface area contributed by atoms with Crippen molar-refractivity contribution in [2.45, 2.75) is 73.1 Å². The molecule has 0 saturated carbocycles. The summed E-state index contributed by atoms with van der Waals surface area (Å²) in [4.78, 5) is 0. The zero-order chi connectivity index (χ0) is 14.5. The Morgan fingerprint density at radius 2 is 1.95 bits per heavy atom.